The van der Waals surface area contributed by atoms with Crippen LogP contribution < -0.4 is 15.1 Å². The Bertz CT molecular complexity index is 1170. The van der Waals surface area contributed by atoms with Crippen molar-refractivity contribution >= 4 is 29.5 Å². The number of phenols is 1. The molecule has 1 fully saturated rings. The average Bonchev–Trinajstić information content (AvgIpc) is 2.90. The molecule has 184 valence electrons. The van der Waals surface area contributed by atoms with Crippen LogP contribution in [0.15, 0.2) is 54.7 Å². The first-order valence-electron chi connectivity index (χ1n) is 12.0. The Labute approximate surface area is 211 Å². The molecule has 2 aromatic carbocycles. The van der Waals surface area contributed by atoms with E-state index in [-0.39, 0.29) is 5.75 Å². The van der Waals surface area contributed by atoms with Gasteiger partial charge in [0.2, 0.25) is 6.41 Å². The number of aromatic hydroxyl groups is 1. The summed E-state index contributed by atoms with van der Waals surface area (Å²) in [6.45, 7) is 7.94. The van der Waals surface area contributed by atoms with Crippen LogP contribution in [0.1, 0.15) is 6.92 Å². The van der Waals surface area contributed by atoms with Gasteiger partial charge in [-0.1, -0.05) is 42.8 Å². The van der Waals surface area contributed by atoms with Gasteiger partial charge in [-0.15, -0.1) is 0 Å². The van der Waals surface area contributed by atoms with Gasteiger partial charge in [-0.2, -0.15) is 0 Å². The SMILES string of the molecule is CCN(C)CCN(C=O)c1ccc(-c2cccc(-c3ccnc(N4CCNCC4)c3)c2O)cc1Cl. The summed E-state index contributed by atoms with van der Waals surface area (Å²) in [5, 5.41) is 15.0. The molecule has 0 unspecified atom stereocenters. The fourth-order valence-electron chi connectivity index (χ4n) is 4.24. The molecule has 8 heteroatoms. The highest BCUT2D eigenvalue weighted by Gasteiger charge is 2.17. The molecule has 1 aliphatic heterocycles. The van der Waals surface area contributed by atoms with E-state index in [0.717, 1.165) is 68.2 Å². The zero-order chi connectivity index (χ0) is 24.8. The molecule has 7 nitrogen and oxygen atoms in total. The third kappa shape index (κ3) is 5.75. The fraction of sp³-hybridized carbons (Fsp3) is 0.333. The maximum atomic E-state index is 11.7. The van der Waals surface area contributed by atoms with Gasteiger partial charge in [0.05, 0.1) is 10.7 Å². The molecule has 0 spiro atoms. The van der Waals surface area contributed by atoms with Crippen molar-refractivity contribution in [3.05, 3.63) is 59.8 Å². The van der Waals surface area contributed by atoms with E-state index in [1.807, 2.05) is 49.5 Å². The number of anilines is 2. The summed E-state index contributed by atoms with van der Waals surface area (Å²) >= 11 is 6.60. The number of piperazine rings is 1. The Hall–Kier alpha value is -3.13. The molecule has 0 radical (unpaired) electrons. The van der Waals surface area contributed by atoms with Crippen molar-refractivity contribution in [2.24, 2.45) is 0 Å². The number of nitrogens with zero attached hydrogens (tertiary/aromatic N) is 4. The molecule has 35 heavy (non-hydrogen) atoms. The first-order chi connectivity index (χ1) is 17.0. The van der Waals surface area contributed by atoms with Crippen LogP contribution in [0.25, 0.3) is 22.3 Å². The number of carbonyl (C=O) groups is 1. The summed E-state index contributed by atoms with van der Waals surface area (Å²) in [5.41, 5.74) is 3.76. The Morgan fingerprint density at radius 2 is 1.80 bits per heavy atom. The molecule has 1 aliphatic rings. The number of para-hydroxylation sites is 1. The number of pyridine rings is 1. The molecule has 2 heterocycles. The third-order valence-electron chi connectivity index (χ3n) is 6.49. The summed E-state index contributed by atoms with van der Waals surface area (Å²) < 4.78 is 0. The van der Waals surface area contributed by atoms with Gasteiger partial charge in [-0.05, 0) is 49.0 Å². The molecule has 0 aliphatic carbocycles. The molecule has 1 aromatic heterocycles. The Balaban J connectivity index is 1.61. The predicted molar refractivity (Wildman–Crippen MR) is 143 cm³/mol. The molecule has 0 atom stereocenters. The second kappa shape index (κ2) is 11.5. The number of halogens is 1. The second-order valence-corrected chi connectivity index (χ2v) is 9.11. The van der Waals surface area contributed by atoms with E-state index >= 15 is 0 Å². The van der Waals surface area contributed by atoms with Crippen molar-refractivity contribution in [3.8, 4) is 28.0 Å². The molecule has 4 rings (SSSR count). The number of phenolic OH excluding ortho intramolecular Hbond substituents is 1. The van der Waals surface area contributed by atoms with Gasteiger partial charge < -0.3 is 25.1 Å². The van der Waals surface area contributed by atoms with Crippen molar-refractivity contribution in [1.29, 1.82) is 0 Å². The number of likely N-dealkylation sites (N-methyl/N-ethyl adjacent to an activating group) is 1. The summed E-state index contributed by atoms with van der Waals surface area (Å²) in [6.07, 6.45) is 2.59. The van der Waals surface area contributed by atoms with Crippen molar-refractivity contribution in [2.45, 2.75) is 6.92 Å². The number of hydrogen-bond acceptors (Lipinski definition) is 6. The minimum Gasteiger partial charge on any atom is -0.507 e. The molecule has 0 bridgehead atoms. The summed E-state index contributed by atoms with van der Waals surface area (Å²) in [4.78, 5) is 22.2. The highest BCUT2D eigenvalue weighted by atomic mass is 35.5. The lowest BCUT2D eigenvalue weighted by Gasteiger charge is -2.28. The topological polar surface area (TPSA) is 71.9 Å². The zero-order valence-corrected chi connectivity index (χ0v) is 21.0. The molecule has 3 aromatic rings. The molecular weight excluding hydrogens is 462 g/mol. The van der Waals surface area contributed by atoms with E-state index in [9.17, 15) is 9.90 Å². The van der Waals surface area contributed by atoms with Gasteiger partial charge >= 0.3 is 0 Å². The van der Waals surface area contributed by atoms with E-state index in [0.29, 0.717) is 22.8 Å². The molecule has 1 amide bonds. The maximum absolute atomic E-state index is 11.7. The van der Waals surface area contributed by atoms with Crippen LogP contribution in [0.2, 0.25) is 5.02 Å². The summed E-state index contributed by atoms with van der Waals surface area (Å²) in [6, 6.07) is 15.2. The van der Waals surface area contributed by atoms with Gasteiger partial charge in [0.15, 0.2) is 0 Å². The van der Waals surface area contributed by atoms with Crippen molar-refractivity contribution in [2.75, 3.05) is 62.7 Å². The highest BCUT2D eigenvalue weighted by molar-refractivity contribution is 6.34. The minimum absolute atomic E-state index is 0.186. The van der Waals surface area contributed by atoms with E-state index in [4.69, 9.17) is 11.6 Å². The van der Waals surface area contributed by atoms with Gasteiger partial charge in [0.25, 0.3) is 0 Å². The van der Waals surface area contributed by atoms with E-state index in [2.05, 4.69) is 27.0 Å². The molecular formula is C27H32ClN5O2. The van der Waals surface area contributed by atoms with Crippen LogP contribution in [0.5, 0.6) is 5.75 Å². The summed E-state index contributed by atoms with van der Waals surface area (Å²) in [7, 11) is 2.01. The molecule has 0 saturated carbocycles. The van der Waals surface area contributed by atoms with Crippen molar-refractivity contribution in [1.82, 2.24) is 15.2 Å². The third-order valence-corrected chi connectivity index (χ3v) is 6.79. The predicted octanol–water partition coefficient (Wildman–Crippen LogP) is 4.10. The first kappa shape index (κ1) is 25.0. The van der Waals surface area contributed by atoms with Crippen LogP contribution in [-0.2, 0) is 4.79 Å². The lowest BCUT2D eigenvalue weighted by molar-refractivity contribution is -0.107. The smallest absolute Gasteiger partial charge is 0.214 e. The van der Waals surface area contributed by atoms with Crippen molar-refractivity contribution < 1.29 is 9.90 Å². The van der Waals surface area contributed by atoms with Crippen LogP contribution in [0.4, 0.5) is 11.5 Å². The molecule has 1 saturated heterocycles. The van der Waals surface area contributed by atoms with Crippen LogP contribution in [0.3, 0.4) is 0 Å². The van der Waals surface area contributed by atoms with Gasteiger partial charge in [0.1, 0.15) is 11.6 Å². The highest BCUT2D eigenvalue weighted by Crippen LogP contribution is 2.40. The number of aromatic nitrogens is 1. The largest absolute Gasteiger partial charge is 0.507 e. The quantitative estimate of drug-likeness (QED) is 0.437. The Kier molecular flexibility index (Phi) is 8.23. The van der Waals surface area contributed by atoms with Crippen LogP contribution in [-0.4, -0.2) is 74.3 Å². The minimum atomic E-state index is 0.186. The monoisotopic (exact) mass is 493 g/mol. The summed E-state index contributed by atoms with van der Waals surface area (Å²) in [5.74, 6) is 1.09. The van der Waals surface area contributed by atoms with Gasteiger partial charge in [0, 0.05) is 56.6 Å². The Morgan fingerprint density at radius 3 is 2.46 bits per heavy atom. The van der Waals surface area contributed by atoms with Crippen molar-refractivity contribution in [3.63, 3.8) is 0 Å². The number of carbonyl (C=O) groups excluding carboxylic acids is 1. The van der Waals surface area contributed by atoms with E-state index in [1.165, 1.54) is 0 Å². The number of rotatable bonds is 9. The lowest BCUT2D eigenvalue weighted by Crippen LogP contribution is -2.43. The maximum Gasteiger partial charge on any atom is 0.214 e. The normalized spacial score (nSPS) is 13.8. The van der Waals surface area contributed by atoms with Crippen LogP contribution in [0, 0.1) is 0 Å². The van der Waals surface area contributed by atoms with Gasteiger partial charge in [-0.25, -0.2) is 4.98 Å². The molecule has 2 N–H and O–H groups in total. The van der Waals surface area contributed by atoms with E-state index in [1.54, 1.807) is 17.2 Å². The lowest BCUT2D eigenvalue weighted by atomic mass is 9.97. The second-order valence-electron chi connectivity index (χ2n) is 8.70. The van der Waals surface area contributed by atoms with Crippen LogP contribution >= 0.6 is 11.6 Å². The zero-order valence-electron chi connectivity index (χ0n) is 20.2. The fourth-order valence-corrected chi connectivity index (χ4v) is 4.53. The number of benzene rings is 2. The number of amides is 1. The first-order valence-corrected chi connectivity index (χ1v) is 12.3. The van der Waals surface area contributed by atoms with Gasteiger partial charge in [-0.3, -0.25) is 4.79 Å². The number of nitrogens with one attached hydrogen (secondary N) is 1. The van der Waals surface area contributed by atoms with E-state index < -0.39 is 0 Å². The Morgan fingerprint density at radius 1 is 1.09 bits per heavy atom. The number of hydrogen-bond donors (Lipinski definition) is 2. The average molecular weight is 494 g/mol. The standard InChI is InChI=1S/C27H32ClN5O2/c1-3-31(2)15-16-33(19-34)25-8-7-20(17-24(25)28)22-5-4-6-23(27(22)35)21-9-10-30-26(18-21)32-13-11-29-12-14-32/h4-10,17-19,29,35H,3,11-16H2,1-2H3.